The fourth-order valence-corrected chi connectivity index (χ4v) is 3.03. The number of halogens is 6. The van der Waals surface area contributed by atoms with Crippen LogP contribution in [0.1, 0.15) is 11.1 Å². The van der Waals surface area contributed by atoms with Gasteiger partial charge in [0.15, 0.2) is 16.0 Å². The van der Waals surface area contributed by atoms with Crippen LogP contribution in [0.3, 0.4) is 0 Å². The van der Waals surface area contributed by atoms with Gasteiger partial charge in [-0.2, -0.15) is 31.4 Å². The summed E-state index contributed by atoms with van der Waals surface area (Å²) in [5, 5.41) is 3.65. The van der Waals surface area contributed by atoms with Crippen LogP contribution in [0, 0.1) is 0 Å². The number of nitrogens with one attached hydrogen (secondary N) is 1. The highest BCUT2D eigenvalue weighted by molar-refractivity contribution is 7.93. The molecule has 1 aromatic carbocycles. The minimum absolute atomic E-state index is 0.0189. The van der Waals surface area contributed by atoms with Crippen molar-refractivity contribution in [3.05, 3.63) is 47.8 Å². The van der Waals surface area contributed by atoms with E-state index >= 15 is 0 Å². The minimum Gasteiger partial charge on any atom is -0.269 e. The van der Waals surface area contributed by atoms with Gasteiger partial charge in [0.2, 0.25) is 0 Å². The Balaban J connectivity index is 2.09. The first-order valence-electron chi connectivity index (χ1n) is 6.74. The number of aromatic nitrogens is 2. The van der Waals surface area contributed by atoms with Gasteiger partial charge in [-0.25, -0.2) is 8.89 Å². The number of hydrogen-bond donors (Lipinski definition) is 1. The normalized spacial score (nSPS) is 18.0. The van der Waals surface area contributed by atoms with E-state index in [-0.39, 0.29) is 22.2 Å². The van der Waals surface area contributed by atoms with E-state index in [2.05, 4.69) is 9.82 Å². The molecule has 5 nitrogen and oxygen atoms in total. The Kier molecular flexibility index (Phi) is 4.17. The third-order valence-electron chi connectivity index (χ3n) is 3.37. The first kappa shape index (κ1) is 18.2. The summed E-state index contributed by atoms with van der Waals surface area (Å²) in [4.78, 5) is 11.2. The van der Waals surface area contributed by atoms with Crippen LogP contribution in [0.15, 0.2) is 36.7 Å². The van der Waals surface area contributed by atoms with E-state index in [1.54, 1.807) is 0 Å². The molecule has 138 valence electrons. The van der Waals surface area contributed by atoms with Crippen LogP contribution >= 0.6 is 0 Å². The largest absolute Gasteiger partial charge is 0.416 e. The van der Waals surface area contributed by atoms with Crippen molar-refractivity contribution in [2.24, 2.45) is 0 Å². The SMILES string of the molecule is O=C1C=C(n2cc(-c3cc(C(F)(F)F)cc(C(F)(F)F)c3)cn2)S(=O)N1. The van der Waals surface area contributed by atoms with E-state index < -0.39 is 40.4 Å². The molecule has 2 aromatic rings. The van der Waals surface area contributed by atoms with E-state index in [1.165, 1.54) is 0 Å². The molecule has 0 saturated heterocycles. The third kappa shape index (κ3) is 3.49. The lowest BCUT2D eigenvalue weighted by Gasteiger charge is -2.13. The monoisotopic (exact) mass is 395 g/mol. The fourth-order valence-electron chi connectivity index (χ4n) is 2.20. The Morgan fingerprint density at radius 1 is 0.962 bits per heavy atom. The Labute approximate surface area is 143 Å². The van der Waals surface area contributed by atoms with Crippen molar-refractivity contribution in [1.82, 2.24) is 14.5 Å². The van der Waals surface area contributed by atoms with E-state index in [1.807, 2.05) is 0 Å². The molecule has 0 radical (unpaired) electrons. The van der Waals surface area contributed by atoms with Gasteiger partial charge in [0.05, 0.1) is 17.3 Å². The zero-order valence-electron chi connectivity index (χ0n) is 12.4. The molecule has 1 amide bonds. The topological polar surface area (TPSA) is 64.0 Å². The zero-order valence-corrected chi connectivity index (χ0v) is 13.2. The van der Waals surface area contributed by atoms with Crippen molar-refractivity contribution < 1.29 is 35.3 Å². The first-order valence-corrected chi connectivity index (χ1v) is 7.89. The summed E-state index contributed by atoms with van der Waals surface area (Å²) in [5.74, 6) is -0.659. The smallest absolute Gasteiger partial charge is 0.269 e. The molecule has 1 aliphatic heterocycles. The number of hydrogen-bond acceptors (Lipinski definition) is 3. The van der Waals surface area contributed by atoms with Gasteiger partial charge in [-0.15, -0.1) is 0 Å². The molecule has 1 N–H and O–H groups in total. The van der Waals surface area contributed by atoms with Crippen LogP contribution in [0.5, 0.6) is 0 Å². The van der Waals surface area contributed by atoms with E-state index in [4.69, 9.17) is 0 Å². The number of nitrogens with zero attached hydrogens (tertiary/aromatic N) is 2. The Morgan fingerprint density at radius 3 is 2.00 bits per heavy atom. The first-order chi connectivity index (χ1) is 11.9. The highest BCUT2D eigenvalue weighted by atomic mass is 32.2. The fraction of sp³-hybridized carbons (Fsp3) is 0.143. The van der Waals surface area contributed by atoms with Gasteiger partial charge < -0.3 is 0 Å². The number of rotatable bonds is 2. The van der Waals surface area contributed by atoms with Crippen LogP contribution in [0.2, 0.25) is 0 Å². The molecule has 0 fully saturated rings. The van der Waals surface area contributed by atoms with E-state index in [9.17, 15) is 35.3 Å². The number of amides is 1. The molecule has 12 heteroatoms. The molecule has 1 atom stereocenters. The second-order valence-corrected chi connectivity index (χ2v) is 6.35. The second-order valence-electron chi connectivity index (χ2n) is 5.19. The van der Waals surface area contributed by atoms with Crippen LogP contribution in [-0.4, -0.2) is 19.9 Å². The van der Waals surface area contributed by atoms with Gasteiger partial charge in [0, 0.05) is 17.8 Å². The maximum Gasteiger partial charge on any atom is 0.416 e. The molecular formula is C14H7F6N3O2S. The van der Waals surface area contributed by atoms with Gasteiger partial charge >= 0.3 is 12.4 Å². The number of alkyl halides is 6. The molecule has 0 spiro atoms. The average molecular weight is 395 g/mol. The van der Waals surface area contributed by atoms with Crippen molar-refractivity contribution >= 4 is 21.9 Å². The molecule has 26 heavy (non-hydrogen) atoms. The van der Waals surface area contributed by atoms with Crippen molar-refractivity contribution in [1.29, 1.82) is 0 Å². The summed E-state index contributed by atoms with van der Waals surface area (Å²) in [6, 6.07) is 1.13. The standard InChI is InChI=1S/C14H7F6N3O2S/c15-13(16,17)9-1-7(2-10(3-9)14(18,19)20)8-5-21-23(6-8)12-4-11(24)22-26(12)25/h1-6H,(H,22,24). The maximum atomic E-state index is 12.9. The number of carbonyl (C=O) groups is 1. The predicted octanol–water partition coefficient (Wildman–Crippen LogP) is 3.18. The Morgan fingerprint density at radius 2 is 1.54 bits per heavy atom. The van der Waals surface area contributed by atoms with Gasteiger partial charge in [0.1, 0.15) is 0 Å². The Hall–Kier alpha value is -2.63. The molecule has 0 bridgehead atoms. The number of carbonyl (C=O) groups excluding carboxylic acids is 1. The van der Waals surface area contributed by atoms with Crippen molar-refractivity contribution in [3.63, 3.8) is 0 Å². The summed E-state index contributed by atoms with van der Waals surface area (Å²) >= 11 is 0. The van der Waals surface area contributed by atoms with Crippen molar-refractivity contribution in [2.75, 3.05) is 0 Å². The predicted molar refractivity (Wildman–Crippen MR) is 78.2 cm³/mol. The van der Waals surface area contributed by atoms with Gasteiger partial charge in [-0.3, -0.25) is 9.52 Å². The molecular weight excluding hydrogens is 388 g/mol. The lowest BCUT2D eigenvalue weighted by atomic mass is 10.0. The van der Waals surface area contributed by atoms with Crippen LogP contribution in [0.4, 0.5) is 26.3 Å². The summed E-state index contributed by atoms with van der Waals surface area (Å²) in [5.41, 5.74) is -3.37. The maximum absolute atomic E-state index is 12.9. The quantitative estimate of drug-likeness (QED) is 0.795. The highest BCUT2D eigenvalue weighted by Gasteiger charge is 2.37. The van der Waals surface area contributed by atoms with Gasteiger partial charge in [-0.05, 0) is 23.8 Å². The second kappa shape index (κ2) is 5.97. The summed E-state index contributed by atoms with van der Waals surface area (Å²) < 4.78 is 92.1. The molecule has 0 aliphatic carbocycles. The van der Waals surface area contributed by atoms with E-state index in [0.717, 1.165) is 23.2 Å². The van der Waals surface area contributed by atoms with Crippen LogP contribution in [-0.2, 0) is 28.1 Å². The number of benzene rings is 1. The van der Waals surface area contributed by atoms with Crippen molar-refractivity contribution in [2.45, 2.75) is 12.4 Å². The highest BCUT2D eigenvalue weighted by Crippen LogP contribution is 2.38. The summed E-state index contributed by atoms with van der Waals surface area (Å²) in [6.07, 6.45) is -6.90. The lowest BCUT2D eigenvalue weighted by Crippen LogP contribution is -2.17. The average Bonchev–Trinajstić information content (AvgIpc) is 3.11. The molecule has 1 unspecified atom stereocenters. The van der Waals surface area contributed by atoms with Gasteiger partial charge in [-0.1, -0.05) is 0 Å². The third-order valence-corrected chi connectivity index (χ3v) is 4.44. The Bertz CT molecular complexity index is 913. The zero-order chi connectivity index (χ0) is 19.3. The van der Waals surface area contributed by atoms with Crippen LogP contribution in [0.25, 0.3) is 16.2 Å². The minimum atomic E-state index is -4.97. The van der Waals surface area contributed by atoms with Crippen LogP contribution < -0.4 is 4.72 Å². The van der Waals surface area contributed by atoms with Crippen molar-refractivity contribution in [3.8, 4) is 11.1 Å². The van der Waals surface area contributed by atoms with E-state index in [0.29, 0.717) is 12.1 Å². The molecule has 2 heterocycles. The lowest BCUT2D eigenvalue weighted by molar-refractivity contribution is -0.143. The molecule has 0 saturated carbocycles. The molecule has 3 rings (SSSR count). The summed E-state index contributed by atoms with van der Waals surface area (Å²) in [6.45, 7) is 0. The molecule has 1 aromatic heterocycles. The molecule has 1 aliphatic rings. The van der Waals surface area contributed by atoms with Gasteiger partial charge in [0.25, 0.3) is 5.91 Å². The summed E-state index contributed by atoms with van der Waals surface area (Å²) in [7, 11) is -1.92.